The predicted octanol–water partition coefficient (Wildman–Crippen LogP) is 3.19. The molecule has 0 radical (unpaired) electrons. The first-order valence-corrected chi connectivity index (χ1v) is 8.72. The summed E-state index contributed by atoms with van der Waals surface area (Å²) in [6.07, 6.45) is -1.79. The van der Waals surface area contributed by atoms with Gasteiger partial charge in [-0.05, 0) is 35.7 Å². The second-order valence-corrected chi connectivity index (χ2v) is 6.59. The van der Waals surface area contributed by atoms with Crippen LogP contribution in [0.1, 0.15) is 23.4 Å². The molecule has 136 valence electrons. The van der Waals surface area contributed by atoms with Crippen molar-refractivity contribution >= 4 is 23.1 Å². The minimum Gasteiger partial charge on any atom is -0.367 e. The van der Waals surface area contributed by atoms with Crippen LogP contribution in [0.3, 0.4) is 0 Å². The van der Waals surface area contributed by atoms with Crippen LogP contribution < -0.4 is 5.32 Å². The normalized spacial score (nSPS) is 14.8. The smallest absolute Gasteiger partial charge is 0.299 e. The highest BCUT2D eigenvalue weighted by molar-refractivity contribution is 6.31. The van der Waals surface area contributed by atoms with E-state index in [-0.39, 0.29) is 0 Å². The Morgan fingerprint density at radius 2 is 2.08 bits per heavy atom. The Bertz CT molecular complexity index is 929. The zero-order chi connectivity index (χ0) is 18.1. The number of benzene rings is 1. The molecule has 0 spiro atoms. The van der Waals surface area contributed by atoms with E-state index in [1.165, 1.54) is 11.1 Å². The molecule has 3 aromatic rings. The maximum atomic E-state index is 12.9. The molecule has 26 heavy (non-hydrogen) atoms. The molecule has 0 aliphatic carbocycles. The second kappa shape index (κ2) is 7.13. The first kappa shape index (κ1) is 17.1. The fraction of sp³-hybridized carbons (Fsp3) is 0.353. The van der Waals surface area contributed by atoms with Gasteiger partial charge in [0.25, 0.3) is 6.43 Å². The minimum absolute atomic E-state index is 0.301. The molecule has 2 aromatic heterocycles. The summed E-state index contributed by atoms with van der Waals surface area (Å²) >= 11 is 6.24. The van der Waals surface area contributed by atoms with E-state index in [0.29, 0.717) is 18.0 Å². The summed E-state index contributed by atoms with van der Waals surface area (Å²) in [7, 11) is 0. The van der Waals surface area contributed by atoms with Gasteiger partial charge in [-0.25, -0.2) is 8.78 Å². The molecule has 0 saturated heterocycles. The number of alkyl halides is 2. The van der Waals surface area contributed by atoms with Gasteiger partial charge in [-0.2, -0.15) is 4.52 Å². The first-order chi connectivity index (χ1) is 12.6. The van der Waals surface area contributed by atoms with Gasteiger partial charge in [-0.3, -0.25) is 4.90 Å². The van der Waals surface area contributed by atoms with Crippen molar-refractivity contribution in [2.45, 2.75) is 19.4 Å². The topological polar surface area (TPSA) is 58.4 Å². The van der Waals surface area contributed by atoms with Gasteiger partial charge in [-0.1, -0.05) is 23.7 Å². The van der Waals surface area contributed by atoms with Crippen molar-refractivity contribution in [3.05, 3.63) is 52.3 Å². The van der Waals surface area contributed by atoms with Crippen molar-refractivity contribution in [1.82, 2.24) is 24.7 Å². The third-order valence-corrected chi connectivity index (χ3v) is 4.86. The molecule has 0 unspecified atom stereocenters. The lowest BCUT2D eigenvalue weighted by Crippen LogP contribution is -2.34. The van der Waals surface area contributed by atoms with E-state index >= 15 is 0 Å². The average molecular weight is 379 g/mol. The lowest BCUT2D eigenvalue weighted by Gasteiger charge is -2.29. The zero-order valence-electron chi connectivity index (χ0n) is 13.9. The fourth-order valence-electron chi connectivity index (χ4n) is 3.19. The maximum Gasteiger partial charge on any atom is 0.299 e. The molecular formula is C17H17ClF2N6. The number of rotatable bonds is 5. The SMILES string of the molecule is FC(F)c1nnc2ccc(NCCN3CCc4c(Cl)cccc4C3)nn12. The van der Waals surface area contributed by atoms with Crippen LogP contribution in [0.5, 0.6) is 0 Å². The van der Waals surface area contributed by atoms with E-state index in [1.54, 1.807) is 12.1 Å². The number of anilines is 1. The van der Waals surface area contributed by atoms with Gasteiger partial charge >= 0.3 is 0 Å². The number of nitrogens with one attached hydrogen (secondary N) is 1. The standard InChI is InChI=1S/C17H17ClF2N6/c18-13-3-1-2-11-10-25(8-6-12(11)13)9-7-21-14-4-5-15-22-23-17(16(19)20)26(15)24-14/h1-5,16H,6-10H2,(H,21,24). The second-order valence-electron chi connectivity index (χ2n) is 6.18. The number of halogens is 3. The van der Waals surface area contributed by atoms with Crippen molar-refractivity contribution in [2.24, 2.45) is 0 Å². The van der Waals surface area contributed by atoms with Gasteiger partial charge in [0.1, 0.15) is 5.82 Å². The van der Waals surface area contributed by atoms with Crippen molar-refractivity contribution in [2.75, 3.05) is 25.0 Å². The van der Waals surface area contributed by atoms with E-state index in [2.05, 4.69) is 31.6 Å². The van der Waals surface area contributed by atoms with Crippen LogP contribution in [0.2, 0.25) is 5.02 Å². The van der Waals surface area contributed by atoms with Gasteiger partial charge in [0.05, 0.1) is 0 Å². The third-order valence-electron chi connectivity index (χ3n) is 4.50. The van der Waals surface area contributed by atoms with Gasteiger partial charge in [0, 0.05) is 31.2 Å². The van der Waals surface area contributed by atoms with E-state index in [4.69, 9.17) is 11.6 Å². The van der Waals surface area contributed by atoms with Gasteiger partial charge in [0.15, 0.2) is 5.65 Å². The Morgan fingerprint density at radius 1 is 1.19 bits per heavy atom. The van der Waals surface area contributed by atoms with Crippen LogP contribution in [0.15, 0.2) is 30.3 Å². The summed E-state index contributed by atoms with van der Waals surface area (Å²) in [5, 5.41) is 15.3. The van der Waals surface area contributed by atoms with Crippen LogP contribution in [0, 0.1) is 0 Å². The van der Waals surface area contributed by atoms with Crippen molar-refractivity contribution in [1.29, 1.82) is 0 Å². The summed E-state index contributed by atoms with van der Waals surface area (Å²) in [5.74, 6) is 0.0628. The van der Waals surface area contributed by atoms with E-state index in [1.807, 2.05) is 12.1 Å². The van der Waals surface area contributed by atoms with Crippen molar-refractivity contribution in [3.63, 3.8) is 0 Å². The Balaban J connectivity index is 1.38. The van der Waals surface area contributed by atoms with E-state index in [0.717, 1.165) is 35.6 Å². The van der Waals surface area contributed by atoms with Crippen LogP contribution in [-0.4, -0.2) is 44.3 Å². The van der Waals surface area contributed by atoms with Crippen molar-refractivity contribution < 1.29 is 8.78 Å². The average Bonchev–Trinajstić information content (AvgIpc) is 3.05. The molecule has 9 heteroatoms. The number of fused-ring (bicyclic) bond motifs is 2. The van der Waals surface area contributed by atoms with Crippen LogP contribution >= 0.6 is 11.6 Å². The van der Waals surface area contributed by atoms with E-state index in [9.17, 15) is 8.78 Å². The maximum absolute atomic E-state index is 12.9. The lowest BCUT2D eigenvalue weighted by molar-refractivity contribution is 0.137. The van der Waals surface area contributed by atoms with Crippen molar-refractivity contribution in [3.8, 4) is 0 Å². The summed E-state index contributed by atoms with van der Waals surface area (Å²) < 4.78 is 26.9. The molecule has 3 heterocycles. The third kappa shape index (κ3) is 3.34. The predicted molar refractivity (Wildman–Crippen MR) is 94.7 cm³/mol. The number of hydrogen-bond donors (Lipinski definition) is 1. The molecule has 0 fully saturated rings. The molecule has 1 aliphatic rings. The summed E-state index contributed by atoms with van der Waals surface area (Å²) in [6, 6.07) is 9.34. The van der Waals surface area contributed by atoms with Gasteiger partial charge in [0.2, 0.25) is 5.82 Å². The molecule has 0 saturated carbocycles. The summed E-state index contributed by atoms with van der Waals surface area (Å²) in [6.45, 7) is 3.26. The number of aromatic nitrogens is 4. The number of nitrogens with zero attached hydrogens (tertiary/aromatic N) is 5. The molecule has 1 aromatic carbocycles. The Morgan fingerprint density at radius 3 is 2.92 bits per heavy atom. The highest BCUT2D eigenvalue weighted by atomic mass is 35.5. The molecule has 1 N–H and O–H groups in total. The van der Waals surface area contributed by atoms with Crippen LogP contribution in [-0.2, 0) is 13.0 Å². The Hall–Kier alpha value is -2.32. The van der Waals surface area contributed by atoms with Crippen LogP contribution in [0.25, 0.3) is 5.65 Å². The van der Waals surface area contributed by atoms with Crippen LogP contribution in [0.4, 0.5) is 14.6 Å². The minimum atomic E-state index is -2.71. The molecule has 0 amide bonds. The first-order valence-electron chi connectivity index (χ1n) is 8.35. The Labute approximate surface area is 153 Å². The van der Waals surface area contributed by atoms with Gasteiger partial charge < -0.3 is 5.32 Å². The monoisotopic (exact) mass is 378 g/mol. The molecule has 6 nitrogen and oxygen atoms in total. The molecular weight excluding hydrogens is 362 g/mol. The highest BCUT2D eigenvalue weighted by Crippen LogP contribution is 2.25. The van der Waals surface area contributed by atoms with E-state index < -0.39 is 12.2 Å². The largest absolute Gasteiger partial charge is 0.367 e. The van der Waals surface area contributed by atoms with Gasteiger partial charge in [-0.15, -0.1) is 15.3 Å². The zero-order valence-corrected chi connectivity index (χ0v) is 14.6. The fourth-order valence-corrected chi connectivity index (χ4v) is 3.48. The molecule has 4 rings (SSSR count). The summed E-state index contributed by atoms with van der Waals surface area (Å²) in [5.41, 5.74) is 2.79. The highest BCUT2D eigenvalue weighted by Gasteiger charge is 2.18. The Kier molecular flexibility index (Phi) is 4.69. The molecule has 0 bridgehead atoms. The summed E-state index contributed by atoms with van der Waals surface area (Å²) in [4.78, 5) is 2.33. The number of hydrogen-bond acceptors (Lipinski definition) is 5. The lowest BCUT2D eigenvalue weighted by atomic mass is 10.00. The quantitative estimate of drug-likeness (QED) is 0.739. The molecule has 1 aliphatic heterocycles. The molecule has 0 atom stereocenters.